The number of ether oxygens (including phenoxy) is 1. The number of alkyl carbamates (subject to hydrolysis) is 1. The number of unbranched alkanes of at least 4 members (excludes halogenated alkanes) is 3. The summed E-state index contributed by atoms with van der Waals surface area (Å²) in [7, 11) is 0. The molecule has 0 saturated carbocycles. The van der Waals surface area contributed by atoms with Crippen molar-refractivity contribution < 1.29 is 23.9 Å². The Morgan fingerprint density at radius 3 is 2.25 bits per heavy atom. The molecule has 0 aliphatic carbocycles. The van der Waals surface area contributed by atoms with E-state index in [1.54, 1.807) is 57.2 Å². The highest BCUT2D eigenvalue weighted by atomic mass is 35.5. The molecule has 2 atom stereocenters. The number of amides is 4. The van der Waals surface area contributed by atoms with Gasteiger partial charge in [-0.1, -0.05) is 80.3 Å². The summed E-state index contributed by atoms with van der Waals surface area (Å²) < 4.78 is 5.32. The van der Waals surface area contributed by atoms with Gasteiger partial charge in [-0.3, -0.25) is 14.4 Å². The van der Waals surface area contributed by atoms with E-state index in [4.69, 9.17) is 22.1 Å². The zero-order valence-electron chi connectivity index (χ0n) is 24.0. The van der Waals surface area contributed by atoms with Crippen molar-refractivity contribution in [2.45, 2.75) is 84.4 Å². The van der Waals surface area contributed by atoms with E-state index in [2.05, 4.69) is 17.6 Å². The highest BCUT2D eigenvalue weighted by Gasteiger charge is 2.37. The Balaban J connectivity index is 2.54. The SMILES string of the molecule is CCCCCCN(C(=O)C(CC(N)=O)NC(=O)OC(C)(C)C)C(C(=O)Nc1c(C)cccc1Cl)c1ccccc1. The van der Waals surface area contributed by atoms with E-state index >= 15 is 0 Å². The van der Waals surface area contributed by atoms with Crippen molar-refractivity contribution in [1.29, 1.82) is 0 Å². The summed E-state index contributed by atoms with van der Waals surface area (Å²) in [6, 6.07) is 11.7. The minimum atomic E-state index is -1.33. The van der Waals surface area contributed by atoms with Crippen LogP contribution in [0.15, 0.2) is 48.5 Å². The van der Waals surface area contributed by atoms with Crippen LogP contribution in [0, 0.1) is 6.92 Å². The van der Waals surface area contributed by atoms with E-state index in [9.17, 15) is 19.2 Å². The number of benzene rings is 2. The summed E-state index contributed by atoms with van der Waals surface area (Å²) >= 11 is 6.39. The van der Waals surface area contributed by atoms with Crippen LogP contribution in [0.4, 0.5) is 10.5 Å². The average Bonchev–Trinajstić information content (AvgIpc) is 2.86. The summed E-state index contributed by atoms with van der Waals surface area (Å²) in [5.41, 5.74) is 6.38. The van der Waals surface area contributed by atoms with Gasteiger partial charge in [-0.25, -0.2) is 4.79 Å². The van der Waals surface area contributed by atoms with Crippen molar-refractivity contribution in [3.05, 3.63) is 64.7 Å². The second-order valence-electron chi connectivity index (χ2n) is 10.7. The molecule has 0 spiro atoms. The van der Waals surface area contributed by atoms with Crippen molar-refractivity contribution >= 4 is 41.1 Å². The molecule has 10 heteroatoms. The van der Waals surface area contributed by atoms with Gasteiger partial charge in [0.1, 0.15) is 17.7 Å². The van der Waals surface area contributed by atoms with E-state index in [0.717, 1.165) is 24.8 Å². The smallest absolute Gasteiger partial charge is 0.408 e. The molecule has 9 nitrogen and oxygen atoms in total. The number of hydrogen-bond donors (Lipinski definition) is 3. The van der Waals surface area contributed by atoms with E-state index in [-0.39, 0.29) is 6.54 Å². The Morgan fingerprint density at radius 2 is 1.68 bits per heavy atom. The maximum atomic E-state index is 14.1. The van der Waals surface area contributed by atoms with Gasteiger partial charge >= 0.3 is 6.09 Å². The number of nitrogens with two attached hydrogens (primary N) is 1. The molecule has 0 aromatic heterocycles. The van der Waals surface area contributed by atoms with Gasteiger partial charge in [-0.2, -0.15) is 0 Å². The minimum Gasteiger partial charge on any atom is -0.444 e. The van der Waals surface area contributed by atoms with Crippen LogP contribution >= 0.6 is 11.6 Å². The Kier molecular flexibility index (Phi) is 12.4. The lowest BCUT2D eigenvalue weighted by Crippen LogP contribution is -2.53. The molecule has 0 heterocycles. The van der Waals surface area contributed by atoms with Gasteiger partial charge in [0.05, 0.1) is 17.1 Å². The minimum absolute atomic E-state index is 0.207. The van der Waals surface area contributed by atoms with Crippen molar-refractivity contribution in [3.63, 3.8) is 0 Å². The molecule has 0 radical (unpaired) electrons. The van der Waals surface area contributed by atoms with Crippen LogP contribution in [0.25, 0.3) is 0 Å². The molecule has 0 aliphatic rings. The standard InChI is InChI=1S/C30H41ClN4O5/c1-6-7-8-12-18-35(28(38)23(19-24(32)36)33-29(39)40-30(3,4)5)26(21-15-10-9-11-16-21)27(37)34-25-20(2)14-13-17-22(25)31/h9-11,13-17,23,26H,6-8,12,18-19H2,1-5H3,(H2,32,36)(H,33,39)(H,34,37). The van der Waals surface area contributed by atoms with E-state index in [1.807, 2.05) is 19.1 Å². The fourth-order valence-corrected chi connectivity index (χ4v) is 4.49. The fourth-order valence-electron chi connectivity index (χ4n) is 4.22. The molecule has 2 rings (SSSR count). The number of halogens is 1. The highest BCUT2D eigenvalue weighted by Crippen LogP contribution is 2.29. The maximum Gasteiger partial charge on any atom is 0.408 e. The molecule has 40 heavy (non-hydrogen) atoms. The first kappa shape index (κ1) is 32.6. The third-order valence-electron chi connectivity index (χ3n) is 6.08. The van der Waals surface area contributed by atoms with Crippen molar-refractivity contribution in [2.75, 3.05) is 11.9 Å². The second-order valence-corrected chi connectivity index (χ2v) is 11.1. The Hall–Kier alpha value is -3.59. The van der Waals surface area contributed by atoms with Crippen molar-refractivity contribution in [2.24, 2.45) is 5.73 Å². The first-order valence-corrected chi connectivity index (χ1v) is 13.9. The Morgan fingerprint density at radius 1 is 1.00 bits per heavy atom. The van der Waals surface area contributed by atoms with Gasteiger partial charge in [0.2, 0.25) is 11.8 Å². The summed E-state index contributed by atoms with van der Waals surface area (Å²) in [6.07, 6.45) is 2.03. The second kappa shape index (κ2) is 15.3. The van der Waals surface area contributed by atoms with E-state index in [0.29, 0.717) is 22.7 Å². The number of para-hydroxylation sites is 1. The van der Waals surface area contributed by atoms with Crippen molar-refractivity contribution in [1.82, 2.24) is 10.2 Å². The molecule has 2 aromatic rings. The van der Waals surface area contributed by atoms with Crippen molar-refractivity contribution in [3.8, 4) is 0 Å². The number of carbonyl (C=O) groups excluding carboxylic acids is 4. The molecular weight excluding hydrogens is 532 g/mol. The normalized spacial score (nSPS) is 12.7. The third kappa shape index (κ3) is 10.2. The monoisotopic (exact) mass is 572 g/mol. The predicted octanol–water partition coefficient (Wildman–Crippen LogP) is 5.51. The number of nitrogens with zero attached hydrogens (tertiary/aromatic N) is 1. The molecule has 0 fully saturated rings. The summed E-state index contributed by atoms with van der Waals surface area (Å²) in [5.74, 6) is -1.89. The van der Waals surface area contributed by atoms with Crippen LogP contribution in [-0.2, 0) is 19.1 Å². The van der Waals surface area contributed by atoms with Crippen LogP contribution < -0.4 is 16.4 Å². The van der Waals surface area contributed by atoms with Crippen LogP contribution in [-0.4, -0.2) is 46.9 Å². The quantitative estimate of drug-likeness (QED) is 0.273. The molecule has 4 N–H and O–H groups in total. The first-order chi connectivity index (χ1) is 18.8. The number of nitrogens with one attached hydrogen (secondary N) is 2. The maximum absolute atomic E-state index is 14.1. The molecule has 218 valence electrons. The number of carbonyl (C=O) groups is 4. The molecule has 0 aliphatic heterocycles. The molecule has 2 aromatic carbocycles. The van der Waals surface area contributed by atoms with Crippen LogP contribution in [0.1, 0.15) is 77.0 Å². The Labute approximate surface area is 241 Å². The Bertz CT molecular complexity index is 1150. The third-order valence-corrected chi connectivity index (χ3v) is 6.39. The zero-order valence-corrected chi connectivity index (χ0v) is 24.7. The van der Waals surface area contributed by atoms with Gasteiger partial charge in [-0.05, 0) is 51.3 Å². The van der Waals surface area contributed by atoms with Crippen LogP contribution in [0.2, 0.25) is 5.02 Å². The molecule has 0 bridgehead atoms. The molecule has 4 amide bonds. The topological polar surface area (TPSA) is 131 Å². The number of primary amides is 1. The van der Waals surface area contributed by atoms with E-state index in [1.165, 1.54) is 4.90 Å². The average molecular weight is 573 g/mol. The van der Waals surface area contributed by atoms with Gasteiger partial charge in [0, 0.05) is 6.54 Å². The first-order valence-electron chi connectivity index (χ1n) is 13.5. The number of anilines is 1. The lowest BCUT2D eigenvalue weighted by Gasteiger charge is -2.34. The highest BCUT2D eigenvalue weighted by molar-refractivity contribution is 6.34. The summed E-state index contributed by atoms with van der Waals surface area (Å²) in [5, 5.41) is 5.75. The molecular formula is C30H41ClN4O5. The zero-order chi connectivity index (χ0) is 29.9. The van der Waals surface area contributed by atoms with Crippen LogP contribution in [0.3, 0.4) is 0 Å². The molecule has 0 saturated heterocycles. The van der Waals surface area contributed by atoms with Gasteiger partial charge in [0.25, 0.3) is 5.91 Å². The summed E-state index contributed by atoms with van der Waals surface area (Å²) in [6.45, 7) is 9.15. The number of aryl methyl sites for hydroxylation is 1. The van der Waals surface area contributed by atoms with Crippen LogP contribution in [0.5, 0.6) is 0 Å². The number of rotatable bonds is 13. The number of hydrogen-bond acceptors (Lipinski definition) is 5. The van der Waals surface area contributed by atoms with Gasteiger partial charge in [-0.15, -0.1) is 0 Å². The predicted molar refractivity (Wildman–Crippen MR) is 157 cm³/mol. The lowest BCUT2D eigenvalue weighted by atomic mass is 10.0. The van der Waals surface area contributed by atoms with Gasteiger partial charge in [0.15, 0.2) is 0 Å². The lowest BCUT2D eigenvalue weighted by molar-refractivity contribution is -0.142. The van der Waals surface area contributed by atoms with E-state index < -0.39 is 47.9 Å². The molecule has 2 unspecified atom stereocenters. The van der Waals surface area contributed by atoms with Gasteiger partial charge < -0.3 is 26.0 Å². The largest absolute Gasteiger partial charge is 0.444 e. The summed E-state index contributed by atoms with van der Waals surface area (Å²) in [4.78, 5) is 54.0. The fraction of sp³-hybridized carbons (Fsp3) is 0.467.